The molecule has 0 saturated carbocycles. The van der Waals surface area contributed by atoms with E-state index in [-0.39, 0.29) is 66.0 Å². The van der Waals surface area contributed by atoms with E-state index in [4.69, 9.17) is 61.8 Å². The second-order valence-electron chi connectivity index (χ2n) is 30.9. The van der Waals surface area contributed by atoms with E-state index >= 15 is 0 Å². The monoisotopic (exact) mass is 1660 g/mol. The number of aromatic nitrogens is 2. The zero-order chi connectivity index (χ0) is 84.8. The third kappa shape index (κ3) is 16.7. The Morgan fingerprint density at radius 1 is 0.390 bits per heavy atom. The first-order valence-corrected chi connectivity index (χ1v) is 38.6. The van der Waals surface area contributed by atoms with E-state index in [1.54, 1.807) is 95.0 Å². The summed E-state index contributed by atoms with van der Waals surface area (Å²) >= 11 is 11.9. The molecular formula is C81H86Cl2N16O19. The number of aryl methyl sites for hydroxylation is 2. The molecule has 6 aromatic rings. The standard InChI is InChI=1S/C13H12N2O3.2C12H11ClN2O2.C12H13N3O2.C12H12N2O2.C11H15N3O4.C9H12N2O4/c1-7-3-4-9-10(5-7)13(17)15(12(9)16)11-6-8(2)14-18-11;2*1-7-4-12(17-14-7)15-10-6-9(13)3-2-8(10)5-11(15)16;1-8-7-11(17-13-8)15-10-6-4-3-5-9(10)14(2)12(15)16;1-8-6-11(16-13-8)14-7-9-4-2-3-5-10(9)12(14)15;1-6-5-7(18-12-6)14-9(16)11(2,3)8(15)13(4)10(14)17;1-5-4-6(15-10-5)11-7(12)9(2,3)14-8(11)13/h3-5,11H,6H2,1-2H3;2*2-3,6,12H,4-5H2,1H3;3-6,11H,7H2,1-2H3;2-5,11H,6-7H2,1H3;7H,5H2,1-4H3;6H,4H2,1-3H3. The van der Waals surface area contributed by atoms with Crippen LogP contribution < -0.4 is 15.5 Å². The van der Waals surface area contributed by atoms with Crippen molar-refractivity contribution in [3.8, 4) is 0 Å². The number of nitrogens with zero attached hydrogens (tertiary/aromatic N) is 16. The molecule has 0 spiro atoms. The second kappa shape index (κ2) is 33.5. The summed E-state index contributed by atoms with van der Waals surface area (Å²) in [5, 5.41) is 28.0. The molecule has 0 bridgehead atoms. The summed E-state index contributed by atoms with van der Waals surface area (Å²) in [6.07, 6.45) is 0.943. The predicted molar refractivity (Wildman–Crippen MR) is 430 cm³/mol. The largest absolute Gasteiger partial charge is 0.433 e. The van der Waals surface area contributed by atoms with Crippen molar-refractivity contribution in [1.82, 2.24) is 33.6 Å². The van der Waals surface area contributed by atoms with Crippen molar-refractivity contribution >= 4 is 145 Å². The Bertz CT molecular complexity index is 5380. The number of carbonyl (C=O) groups is 10. The molecule has 5 aromatic carbocycles. The molecule has 0 aliphatic carbocycles. The van der Waals surface area contributed by atoms with Crippen molar-refractivity contribution < 1.29 is 86.5 Å². The first kappa shape index (κ1) is 83.3. The zero-order valence-corrected chi connectivity index (χ0v) is 68.6. The molecule has 35 nitrogen and oxygen atoms in total. The number of hydrogen-bond acceptors (Lipinski definition) is 26. The second-order valence-corrected chi connectivity index (χ2v) is 31.8. The molecule has 2 fully saturated rings. The van der Waals surface area contributed by atoms with Gasteiger partial charge < -0.3 is 38.6 Å². The van der Waals surface area contributed by atoms with Crippen LogP contribution in [0.3, 0.4) is 0 Å². The number of fused-ring (bicyclic) bond motifs is 5. The Morgan fingerprint density at radius 3 is 1.25 bits per heavy atom. The minimum absolute atomic E-state index is 0.0390. The van der Waals surface area contributed by atoms with Gasteiger partial charge in [-0.1, -0.05) is 113 Å². The first-order valence-electron chi connectivity index (χ1n) is 37.8. The van der Waals surface area contributed by atoms with Gasteiger partial charge in [-0.05, 0) is 154 Å². The summed E-state index contributed by atoms with van der Waals surface area (Å²) in [6, 6.07) is 30.9. The van der Waals surface area contributed by atoms with Crippen molar-refractivity contribution in [3.05, 3.63) is 163 Å². The van der Waals surface area contributed by atoms with Gasteiger partial charge >= 0.3 is 17.8 Å². The number of barbiturate groups is 1. The van der Waals surface area contributed by atoms with Gasteiger partial charge in [-0.3, -0.25) is 67.1 Å². The highest BCUT2D eigenvalue weighted by Crippen LogP contribution is 2.39. The fourth-order valence-corrected chi connectivity index (χ4v) is 15.0. The summed E-state index contributed by atoms with van der Waals surface area (Å²) in [5.74, 6) is -1.92. The number of cyclic esters (lactones) is 1. The van der Waals surface area contributed by atoms with Crippen LogP contribution in [0.15, 0.2) is 144 Å². The lowest BCUT2D eigenvalue weighted by atomic mass is 9.87. The number of ether oxygens (including phenoxy) is 1. The molecular weight excluding hydrogens is 1570 g/mol. The number of imide groups is 4. The average molecular weight is 1660 g/mol. The quantitative estimate of drug-likeness (QED) is 0.106. The van der Waals surface area contributed by atoms with Gasteiger partial charge in [-0.25, -0.2) is 29.1 Å². The summed E-state index contributed by atoms with van der Waals surface area (Å²) < 4.78 is 8.22. The van der Waals surface area contributed by atoms with E-state index < -0.39 is 53.6 Å². The number of carbonyl (C=O) groups excluding carboxylic acids is 10. The van der Waals surface area contributed by atoms with E-state index in [9.17, 15) is 52.7 Å². The van der Waals surface area contributed by atoms with Crippen LogP contribution in [0, 0.1) is 12.3 Å². The van der Waals surface area contributed by atoms with Crippen LogP contribution in [-0.2, 0) is 89.0 Å². The average Bonchev–Trinajstić information content (AvgIpc) is 1.64. The van der Waals surface area contributed by atoms with E-state index in [2.05, 4.69) is 36.1 Å². The molecule has 37 heteroatoms. The van der Waals surface area contributed by atoms with Crippen molar-refractivity contribution in [2.24, 2.45) is 48.6 Å². The molecule has 618 valence electrons. The highest BCUT2D eigenvalue weighted by Gasteiger charge is 2.55. The number of anilines is 2. The predicted octanol–water partition coefficient (Wildman–Crippen LogP) is 11.2. The first-order chi connectivity index (χ1) is 56.0. The Kier molecular flexibility index (Phi) is 23.7. The van der Waals surface area contributed by atoms with Crippen LogP contribution in [0.25, 0.3) is 11.0 Å². The fourth-order valence-electron chi connectivity index (χ4n) is 14.6. The lowest BCUT2D eigenvalue weighted by Crippen LogP contribution is -2.64. The number of amides is 11. The van der Waals surface area contributed by atoms with Gasteiger partial charge in [0.25, 0.3) is 23.6 Å². The number of imidazole rings is 1. The van der Waals surface area contributed by atoms with Crippen LogP contribution in [0.2, 0.25) is 10.0 Å². The van der Waals surface area contributed by atoms with Crippen molar-refractivity contribution in [2.75, 3.05) is 16.8 Å². The molecule has 11 amide bonds. The van der Waals surface area contributed by atoms with E-state index in [1.807, 2.05) is 108 Å². The fraction of sp³-hybridized carbons (Fsp3) is 0.407. The lowest BCUT2D eigenvalue weighted by Gasteiger charge is -2.40. The molecule has 13 aliphatic heterocycles. The topological polar surface area (TPSA) is 381 Å². The van der Waals surface area contributed by atoms with Gasteiger partial charge in [0.1, 0.15) is 5.41 Å². The minimum Gasteiger partial charge on any atom is -0.433 e. The maximum atomic E-state index is 12.2. The summed E-state index contributed by atoms with van der Waals surface area (Å²) in [7, 11) is 3.12. The number of halogens is 2. The van der Waals surface area contributed by atoms with E-state index in [0.29, 0.717) is 91.2 Å². The molecule has 7 unspecified atom stereocenters. The summed E-state index contributed by atoms with van der Waals surface area (Å²) in [4.78, 5) is 177. The normalized spacial score (nSPS) is 23.6. The van der Waals surface area contributed by atoms with Gasteiger partial charge in [-0.2, -0.15) is 0 Å². The van der Waals surface area contributed by atoms with Gasteiger partial charge in [0.05, 0.1) is 92.9 Å². The maximum absolute atomic E-state index is 12.2. The van der Waals surface area contributed by atoms with Crippen LogP contribution >= 0.6 is 23.2 Å². The van der Waals surface area contributed by atoms with E-state index in [0.717, 1.165) is 104 Å². The number of benzene rings is 5. The summed E-state index contributed by atoms with van der Waals surface area (Å²) in [6.45, 7) is 21.5. The van der Waals surface area contributed by atoms with Crippen LogP contribution in [0.5, 0.6) is 0 Å². The Morgan fingerprint density at radius 2 is 0.805 bits per heavy atom. The molecule has 0 N–H and O–H groups in total. The van der Waals surface area contributed by atoms with Crippen LogP contribution in [0.4, 0.5) is 21.0 Å². The van der Waals surface area contributed by atoms with Gasteiger partial charge in [0.15, 0.2) is 5.60 Å². The molecule has 2 saturated heterocycles. The number of para-hydroxylation sites is 2. The Labute approximate surface area is 686 Å². The third-order valence-corrected chi connectivity index (χ3v) is 21.3. The van der Waals surface area contributed by atoms with Crippen molar-refractivity contribution in [2.45, 2.75) is 197 Å². The Balaban J connectivity index is 0.000000119. The molecule has 13 aliphatic rings. The highest BCUT2D eigenvalue weighted by molar-refractivity contribution is 6.31. The SMILES string of the molecule is CC1=NOC(N2C(=O)Cc3ccc(Cl)cc32)C1.CC1=NOC(N2C(=O)Cc3ccc(Cl)cc32)C1.CC1=NOC(N2C(=O)N(C)C(=O)C(C)(C)C2=O)C1.CC1=NOC(N2C(=O)OC(C)(C)C2=O)C1.CC1=NOC(N2C(=O)c3ccc(C)cc3C2=O)C1.CC1=NOC(N2Cc3ccccc3C2=O)C1.CC1=NOC(n2c(=O)n(C)c3ccccc32)C1. The molecule has 19 rings (SSSR count). The molecule has 7 atom stereocenters. The van der Waals surface area contributed by atoms with Crippen molar-refractivity contribution in [1.29, 1.82) is 0 Å². The maximum Gasteiger partial charge on any atom is 0.420 e. The summed E-state index contributed by atoms with van der Waals surface area (Å²) in [5.41, 5.74) is 12.6. The molecule has 14 heterocycles. The molecule has 118 heavy (non-hydrogen) atoms. The molecule has 0 radical (unpaired) electrons. The highest BCUT2D eigenvalue weighted by atomic mass is 35.5. The minimum atomic E-state index is -1.26. The third-order valence-electron chi connectivity index (χ3n) is 20.8. The Hall–Kier alpha value is -12.7. The van der Waals surface area contributed by atoms with Gasteiger partial charge in [0, 0.05) is 74.6 Å². The van der Waals surface area contributed by atoms with Crippen molar-refractivity contribution in [3.63, 3.8) is 0 Å². The van der Waals surface area contributed by atoms with Gasteiger partial charge in [0.2, 0.25) is 67.2 Å². The lowest BCUT2D eigenvalue weighted by molar-refractivity contribution is -0.163. The number of rotatable bonds is 7. The molecule has 1 aromatic heterocycles. The van der Waals surface area contributed by atoms with Crippen LogP contribution in [-0.4, -0.2) is 183 Å². The zero-order valence-electron chi connectivity index (χ0n) is 67.1. The van der Waals surface area contributed by atoms with Crippen LogP contribution in [0.1, 0.15) is 181 Å². The smallest absolute Gasteiger partial charge is 0.420 e. The number of hydrogen-bond donors (Lipinski definition) is 0. The van der Waals surface area contributed by atoms with Gasteiger partial charge in [-0.15, -0.1) is 0 Å². The van der Waals surface area contributed by atoms with E-state index in [1.165, 1.54) is 20.9 Å². The number of urea groups is 1. The number of oxime groups is 7.